The molecule has 0 aliphatic rings. The van der Waals surface area contributed by atoms with Crippen molar-refractivity contribution in [1.82, 2.24) is 9.71 Å². The van der Waals surface area contributed by atoms with Crippen molar-refractivity contribution in [3.63, 3.8) is 0 Å². The van der Waals surface area contributed by atoms with E-state index >= 15 is 0 Å². The van der Waals surface area contributed by atoms with Crippen LogP contribution in [0.1, 0.15) is 10.4 Å². The van der Waals surface area contributed by atoms with E-state index in [1.807, 2.05) is 4.72 Å². The number of nitrogens with zero attached hydrogens (tertiary/aromatic N) is 1. The van der Waals surface area contributed by atoms with Crippen molar-refractivity contribution in [2.75, 3.05) is 6.26 Å². The molecule has 0 aromatic carbocycles. The quantitative estimate of drug-likeness (QED) is 0.715. The highest BCUT2D eigenvalue weighted by molar-refractivity contribution is 7.89. The number of carbonyl (C=O) groups excluding carboxylic acids is 1. The van der Waals surface area contributed by atoms with Crippen LogP contribution in [0.5, 0.6) is 0 Å². The first-order valence-electron chi connectivity index (χ1n) is 3.41. The number of rotatable bonds is 2. The Kier molecular flexibility index (Phi) is 2.62. The monoisotopic (exact) mass is 200 g/mol. The summed E-state index contributed by atoms with van der Waals surface area (Å²) in [6, 6.07) is 2.86. The molecule has 0 unspecified atom stereocenters. The Balaban J connectivity index is 2.82. The Morgan fingerprint density at radius 1 is 1.38 bits per heavy atom. The fourth-order valence-electron chi connectivity index (χ4n) is 0.731. The van der Waals surface area contributed by atoms with E-state index in [9.17, 15) is 13.2 Å². The highest BCUT2D eigenvalue weighted by Gasteiger charge is 2.09. The number of sulfonamides is 1. The van der Waals surface area contributed by atoms with Gasteiger partial charge in [-0.15, -0.1) is 0 Å². The molecule has 0 aliphatic heterocycles. The molecular weight excluding hydrogens is 192 g/mol. The van der Waals surface area contributed by atoms with Gasteiger partial charge < -0.3 is 0 Å². The maximum Gasteiger partial charge on any atom is 0.264 e. The summed E-state index contributed by atoms with van der Waals surface area (Å²) in [7, 11) is -3.49. The predicted molar refractivity (Wildman–Crippen MR) is 46.5 cm³/mol. The lowest BCUT2D eigenvalue weighted by Crippen LogP contribution is -2.29. The number of carbonyl (C=O) groups is 1. The molecule has 1 aromatic rings. The van der Waals surface area contributed by atoms with Crippen molar-refractivity contribution in [3.05, 3.63) is 30.1 Å². The average molecular weight is 200 g/mol. The number of nitrogens with one attached hydrogen (secondary N) is 1. The molecule has 0 bridgehead atoms. The van der Waals surface area contributed by atoms with Crippen LogP contribution < -0.4 is 4.72 Å². The van der Waals surface area contributed by atoms with E-state index in [-0.39, 0.29) is 5.56 Å². The first-order valence-corrected chi connectivity index (χ1v) is 5.30. The second-order valence-electron chi connectivity index (χ2n) is 2.44. The van der Waals surface area contributed by atoms with Gasteiger partial charge in [0, 0.05) is 18.0 Å². The van der Waals surface area contributed by atoms with Crippen LogP contribution in [0, 0.1) is 0 Å². The van der Waals surface area contributed by atoms with Gasteiger partial charge in [-0.3, -0.25) is 9.78 Å². The van der Waals surface area contributed by atoms with Crippen LogP contribution in [0.25, 0.3) is 0 Å². The number of hydrogen-bond acceptors (Lipinski definition) is 4. The van der Waals surface area contributed by atoms with Gasteiger partial charge >= 0.3 is 0 Å². The smallest absolute Gasteiger partial charge is 0.264 e. The van der Waals surface area contributed by atoms with E-state index < -0.39 is 15.9 Å². The van der Waals surface area contributed by atoms with Gasteiger partial charge in [0.2, 0.25) is 10.0 Å². The Morgan fingerprint density at radius 3 is 2.38 bits per heavy atom. The first kappa shape index (κ1) is 9.66. The highest BCUT2D eigenvalue weighted by Crippen LogP contribution is 1.95. The summed E-state index contributed by atoms with van der Waals surface area (Å²) in [6.45, 7) is 0. The standard InChI is InChI=1S/C7H8N2O3S/c1-13(11,12)9-7(10)6-2-4-8-5-3-6/h2-5H,1H3,(H,9,10). The third-order valence-corrected chi connectivity index (χ3v) is 1.78. The van der Waals surface area contributed by atoms with Crippen LogP contribution in [0.15, 0.2) is 24.5 Å². The molecule has 6 heteroatoms. The number of pyridine rings is 1. The molecule has 13 heavy (non-hydrogen) atoms. The van der Waals surface area contributed by atoms with Crippen LogP contribution in [0.2, 0.25) is 0 Å². The van der Waals surface area contributed by atoms with Crippen molar-refractivity contribution in [3.8, 4) is 0 Å². The second-order valence-corrected chi connectivity index (χ2v) is 4.19. The molecule has 1 rings (SSSR count). The van der Waals surface area contributed by atoms with Gasteiger partial charge in [0.25, 0.3) is 5.91 Å². The van der Waals surface area contributed by atoms with Crippen LogP contribution in [0.3, 0.4) is 0 Å². The first-order chi connectivity index (χ1) is 5.99. The predicted octanol–water partition coefficient (Wildman–Crippen LogP) is -0.229. The van der Waals surface area contributed by atoms with Gasteiger partial charge in [-0.1, -0.05) is 0 Å². The fraction of sp³-hybridized carbons (Fsp3) is 0.143. The molecule has 1 heterocycles. The number of hydrogen-bond donors (Lipinski definition) is 1. The number of aromatic nitrogens is 1. The van der Waals surface area contributed by atoms with E-state index in [4.69, 9.17) is 0 Å². The molecule has 0 saturated heterocycles. The fourth-order valence-corrected chi connectivity index (χ4v) is 1.19. The van der Waals surface area contributed by atoms with E-state index in [2.05, 4.69) is 4.98 Å². The highest BCUT2D eigenvalue weighted by atomic mass is 32.2. The maximum atomic E-state index is 11.1. The lowest BCUT2D eigenvalue weighted by Gasteiger charge is -2.00. The summed E-state index contributed by atoms with van der Waals surface area (Å²) in [6.07, 6.45) is 3.75. The molecular formula is C7H8N2O3S. The SMILES string of the molecule is CS(=O)(=O)NC(=O)c1ccncc1. The molecule has 5 nitrogen and oxygen atoms in total. The maximum absolute atomic E-state index is 11.1. The molecule has 0 spiro atoms. The largest absolute Gasteiger partial charge is 0.268 e. The van der Waals surface area contributed by atoms with Crippen LogP contribution in [-0.4, -0.2) is 25.6 Å². The lowest BCUT2D eigenvalue weighted by atomic mass is 10.3. The van der Waals surface area contributed by atoms with Crippen molar-refractivity contribution < 1.29 is 13.2 Å². The topological polar surface area (TPSA) is 76.1 Å². The molecule has 0 saturated carbocycles. The summed E-state index contributed by atoms with van der Waals surface area (Å²) in [5.41, 5.74) is 0.264. The van der Waals surface area contributed by atoms with Gasteiger partial charge in [-0.2, -0.15) is 0 Å². The average Bonchev–Trinajstić information content (AvgIpc) is 2.03. The van der Waals surface area contributed by atoms with Gasteiger partial charge in [-0.25, -0.2) is 13.1 Å². The zero-order valence-corrected chi connectivity index (χ0v) is 7.71. The zero-order valence-electron chi connectivity index (χ0n) is 6.89. The van der Waals surface area contributed by atoms with Crippen molar-refractivity contribution in [1.29, 1.82) is 0 Å². The van der Waals surface area contributed by atoms with E-state index in [1.165, 1.54) is 24.5 Å². The van der Waals surface area contributed by atoms with Crippen LogP contribution >= 0.6 is 0 Å². The normalized spacial score (nSPS) is 10.8. The summed E-state index contributed by atoms with van der Waals surface area (Å²) < 4.78 is 23.2. The van der Waals surface area contributed by atoms with Crippen LogP contribution in [-0.2, 0) is 10.0 Å². The lowest BCUT2D eigenvalue weighted by molar-refractivity contribution is 0.0981. The molecule has 0 aliphatic carbocycles. The van der Waals surface area contributed by atoms with E-state index in [1.54, 1.807) is 0 Å². The molecule has 1 N–H and O–H groups in total. The van der Waals surface area contributed by atoms with Gasteiger partial charge in [-0.05, 0) is 12.1 Å². The Hall–Kier alpha value is -1.43. The molecule has 0 atom stereocenters. The molecule has 1 aromatic heterocycles. The summed E-state index contributed by atoms with van der Waals surface area (Å²) in [5.74, 6) is -0.648. The third kappa shape index (κ3) is 3.20. The van der Waals surface area contributed by atoms with Crippen molar-refractivity contribution in [2.24, 2.45) is 0 Å². The van der Waals surface area contributed by atoms with Gasteiger partial charge in [0.1, 0.15) is 0 Å². The Labute approximate surface area is 75.9 Å². The summed E-state index contributed by atoms with van der Waals surface area (Å²) in [4.78, 5) is 14.8. The minimum absolute atomic E-state index is 0.264. The summed E-state index contributed by atoms with van der Waals surface area (Å²) >= 11 is 0. The Morgan fingerprint density at radius 2 is 1.92 bits per heavy atom. The minimum atomic E-state index is -3.49. The van der Waals surface area contributed by atoms with E-state index in [0.29, 0.717) is 0 Å². The molecule has 0 radical (unpaired) electrons. The van der Waals surface area contributed by atoms with E-state index in [0.717, 1.165) is 6.26 Å². The van der Waals surface area contributed by atoms with Crippen molar-refractivity contribution in [2.45, 2.75) is 0 Å². The molecule has 0 fully saturated rings. The third-order valence-electron chi connectivity index (χ3n) is 1.22. The second kappa shape index (κ2) is 3.53. The van der Waals surface area contributed by atoms with Gasteiger partial charge in [0.05, 0.1) is 6.26 Å². The molecule has 1 amide bonds. The van der Waals surface area contributed by atoms with Crippen LogP contribution in [0.4, 0.5) is 0 Å². The van der Waals surface area contributed by atoms with Gasteiger partial charge in [0.15, 0.2) is 0 Å². The summed E-state index contributed by atoms with van der Waals surface area (Å²) in [5, 5.41) is 0. The minimum Gasteiger partial charge on any atom is -0.268 e. The zero-order chi connectivity index (χ0) is 9.90. The Bertz CT molecular complexity index is 399. The molecule has 70 valence electrons. The number of amides is 1. The van der Waals surface area contributed by atoms with Crippen molar-refractivity contribution >= 4 is 15.9 Å².